The zero-order chi connectivity index (χ0) is 9.68. The molecule has 0 aliphatic carbocycles. The second-order valence-electron chi connectivity index (χ2n) is 2.63. The van der Waals surface area contributed by atoms with Crippen LogP contribution in [0.25, 0.3) is 0 Å². The van der Waals surface area contributed by atoms with E-state index in [0.29, 0.717) is 0 Å². The molecule has 0 bridgehead atoms. The van der Waals surface area contributed by atoms with Crippen LogP contribution in [0, 0.1) is 11.3 Å². The third-order valence-electron chi connectivity index (χ3n) is 1.50. The molecule has 0 heterocycles. The molecule has 0 aliphatic heterocycles. The van der Waals surface area contributed by atoms with Gasteiger partial charge in [-0.2, -0.15) is 5.26 Å². The summed E-state index contributed by atoms with van der Waals surface area (Å²) >= 11 is 3.34. The van der Waals surface area contributed by atoms with Gasteiger partial charge in [-0.15, -0.1) is 0 Å². The van der Waals surface area contributed by atoms with E-state index < -0.39 is 0 Å². The average molecular weight is 237 g/mol. The largest absolute Gasteiger partial charge is 0.274 e. The van der Waals surface area contributed by atoms with Crippen molar-refractivity contribution in [3.8, 4) is 6.07 Å². The van der Waals surface area contributed by atoms with Crippen molar-refractivity contribution in [2.24, 2.45) is 4.99 Å². The molecule has 66 valence electrons. The highest BCUT2D eigenvalue weighted by Gasteiger charge is 1.92. The number of hydrogen-bond donors (Lipinski definition) is 0. The van der Waals surface area contributed by atoms with E-state index in [-0.39, 0.29) is 6.04 Å². The fourth-order valence-electron chi connectivity index (χ4n) is 0.780. The Hall–Kier alpha value is -1.14. The van der Waals surface area contributed by atoms with Crippen LogP contribution >= 0.6 is 15.9 Å². The molecule has 0 aromatic heterocycles. The molecule has 1 aromatic carbocycles. The second-order valence-corrected chi connectivity index (χ2v) is 3.55. The number of nitrogens with zero attached hydrogens (tertiary/aromatic N) is 2. The minimum atomic E-state index is -0.274. The van der Waals surface area contributed by atoms with Gasteiger partial charge in [0.15, 0.2) is 0 Å². The Morgan fingerprint density at radius 2 is 2.08 bits per heavy atom. The molecule has 0 spiro atoms. The molecule has 3 heteroatoms. The first-order valence-corrected chi connectivity index (χ1v) is 4.70. The van der Waals surface area contributed by atoms with Gasteiger partial charge < -0.3 is 0 Å². The van der Waals surface area contributed by atoms with Gasteiger partial charge in [-0.25, -0.2) is 0 Å². The van der Waals surface area contributed by atoms with E-state index in [2.05, 4.69) is 20.9 Å². The zero-order valence-electron chi connectivity index (χ0n) is 7.24. The number of halogens is 1. The topological polar surface area (TPSA) is 36.1 Å². The predicted octanol–water partition coefficient (Wildman–Crippen LogP) is 2.78. The van der Waals surface area contributed by atoms with Crippen LogP contribution in [0.1, 0.15) is 12.5 Å². The van der Waals surface area contributed by atoms with Crippen LogP contribution in [0.5, 0.6) is 0 Å². The molecule has 1 aromatic rings. The lowest BCUT2D eigenvalue weighted by atomic mass is 10.2. The first-order valence-electron chi connectivity index (χ1n) is 3.91. The van der Waals surface area contributed by atoms with Gasteiger partial charge in [-0.05, 0) is 24.6 Å². The van der Waals surface area contributed by atoms with Crippen LogP contribution in [0.15, 0.2) is 33.7 Å². The smallest absolute Gasteiger partial charge is 0.133 e. The molecule has 0 N–H and O–H groups in total. The third kappa shape index (κ3) is 3.39. The number of benzene rings is 1. The molecule has 13 heavy (non-hydrogen) atoms. The van der Waals surface area contributed by atoms with Crippen LogP contribution in [-0.4, -0.2) is 12.3 Å². The molecule has 0 fully saturated rings. The average Bonchev–Trinajstić information content (AvgIpc) is 2.16. The third-order valence-corrected chi connectivity index (χ3v) is 2.03. The molecule has 0 amide bonds. The van der Waals surface area contributed by atoms with E-state index >= 15 is 0 Å². The molecule has 1 atom stereocenters. The van der Waals surface area contributed by atoms with E-state index in [1.165, 1.54) is 0 Å². The normalized spacial score (nSPS) is 12.7. The summed E-state index contributed by atoms with van der Waals surface area (Å²) in [5, 5.41) is 8.49. The summed E-state index contributed by atoms with van der Waals surface area (Å²) in [6, 6.07) is 9.53. The molecular weight excluding hydrogens is 228 g/mol. The summed E-state index contributed by atoms with van der Waals surface area (Å²) in [6.45, 7) is 1.76. The van der Waals surface area contributed by atoms with E-state index in [1.807, 2.05) is 30.3 Å². The van der Waals surface area contributed by atoms with Crippen molar-refractivity contribution in [2.45, 2.75) is 13.0 Å². The fraction of sp³-hybridized carbons (Fsp3) is 0.200. The Morgan fingerprint density at radius 3 is 2.62 bits per heavy atom. The number of nitriles is 1. The molecule has 0 unspecified atom stereocenters. The van der Waals surface area contributed by atoms with E-state index in [0.717, 1.165) is 10.0 Å². The lowest BCUT2D eigenvalue weighted by Crippen LogP contribution is -1.92. The van der Waals surface area contributed by atoms with Gasteiger partial charge >= 0.3 is 0 Å². The molecule has 0 saturated heterocycles. The molecule has 2 nitrogen and oxygen atoms in total. The SMILES string of the molecule is C[C@H](C#N)N=Cc1ccc(Br)cc1. The van der Waals surface area contributed by atoms with Crippen molar-refractivity contribution in [3.63, 3.8) is 0 Å². The standard InChI is InChI=1S/C10H9BrN2/c1-8(6-12)13-7-9-2-4-10(11)5-3-9/h2-5,7-8H,1H3/t8-/m1/s1. The van der Waals surface area contributed by atoms with E-state index in [4.69, 9.17) is 5.26 Å². The zero-order valence-corrected chi connectivity index (χ0v) is 8.82. The van der Waals surface area contributed by atoms with Crippen molar-refractivity contribution >= 4 is 22.1 Å². The Balaban J connectivity index is 2.71. The maximum Gasteiger partial charge on any atom is 0.133 e. The van der Waals surface area contributed by atoms with Crippen molar-refractivity contribution in [1.29, 1.82) is 5.26 Å². The summed E-state index contributed by atoms with van der Waals surface area (Å²) in [7, 11) is 0. The van der Waals surface area contributed by atoms with Crippen LogP contribution < -0.4 is 0 Å². The van der Waals surface area contributed by atoms with Gasteiger partial charge in [-0.3, -0.25) is 4.99 Å². The first-order chi connectivity index (χ1) is 6.22. The maximum absolute atomic E-state index is 8.49. The predicted molar refractivity (Wildman–Crippen MR) is 56.8 cm³/mol. The second kappa shape index (κ2) is 4.78. The van der Waals surface area contributed by atoms with Crippen LogP contribution in [-0.2, 0) is 0 Å². The van der Waals surface area contributed by atoms with Gasteiger partial charge in [0, 0.05) is 10.7 Å². The monoisotopic (exact) mass is 236 g/mol. The Kier molecular flexibility index (Phi) is 3.66. The number of hydrogen-bond acceptors (Lipinski definition) is 2. The highest BCUT2D eigenvalue weighted by molar-refractivity contribution is 9.10. The minimum absolute atomic E-state index is 0.274. The van der Waals surface area contributed by atoms with E-state index in [1.54, 1.807) is 13.1 Å². The van der Waals surface area contributed by atoms with Gasteiger partial charge in [0.2, 0.25) is 0 Å². The van der Waals surface area contributed by atoms with Crippen molar-refractivity contribution < 1.29 is 0 Å². The minimum Gasteiger partial charge on any atom is -0.274 e. The molecule has 0 saturated carbocycles. The summed E-state index contributed by atoms with van der Waals surface area (Å²) in [5.41, 5.74) is 1.00. The Morgan fingerprint density at radius 1 is 1.46 bits per heavy atom. The highest BCUT2D eigenvalue weighted by Crippen LogP contribution is 2.09. The van der Waals surface area contributed by atoms with Crippen molar-refractivity contribution in [1.82, 2.24) is 0 Å². The number of rotatable bonds is 2. The van der Waals surface area contributed by atoms with Crippen LogP contribution in [0.3, 0.4) is 0 Å². The lowest BCUT2D eigenvalue weighted by Gasteiger charge is -1.94. The van der Waals surface area contributed by atoms with Gasteiger partial charge in [-0.1, -0.05) is 28.1 Å². The van der Waals surface area contributed by atoms with Crippen LogP contribution in [0.4, 0.5) is 0 Å². The van der Waals surface area contributed by atoms with Crippen molar-refractivity contribution in [2.75, 3.05) is 0 Å². The summed E-state index contributed by atoms with van der Waals surface area (Å²) in [4.78, 5) is 4.04. The molecule has 0 radical (unpaired) electrons. The molecule has 1 rings (SSSR count). The van der Waals surface area contributed by atoms with E-state index in [9.17, 15) is 0 Å². The van der Waals surface area contributed by atoms with Gasteiger partial charge in [0.25, 0.3) is 0 Å². The quantitative estimate of drug-likeness (QED) is 0.728. The first kappa shape index (κ1) is 9.94. The van der Waals surface area contributed by atoms with Gasteiger partial charge in [0.1, 0.15) is 6.04 Å². The van der Waals surface area contributed by atoms with Crippen LogP contribution in [0.2, 0.25) is 0 Å². The molecular formula is C10H9BrN2. The lowest BCUT2D eigenvalue weighted by molar-refractivity contribution is 0.946. The fourth-order valence-corrected chi connectivity index (χ4v) is 1.04. The maximum atomic E-state index is 8.49. The Labute approximate surface area is 86.0 Å². The van der Waals surface area contributed by atoms with Crippen molar-refractivity contribution in [3.05, 3.63) is 34.3 Å². The molecule has 0 aliphatic rings. The number of aliphatic imine (C=N–C) groups is 1. The highest BCUT2D eigenvalue weighted by atomic mass is 79.9. The summed E-state index contributed by atoms with van der Waals surface area (Å²) < 4.78 is 1.04. The Bertz CT molecular complexity index is 335. The summed E-state index contributed by atoms with van der Waals surface area (Å²) in [5.74, 6) is 0. The van der Waals surface area contributed by atoms with Gasteiger partial charge in [0.05, 0.1) is 6.07 Å². The summed E-state index contributed by atoms with van der Waals surface area (Å²) in [6.07, 6.45) is 1.71.